The summed E-state index contributed by atoms with van der Waals surface area (Å²) in [5, 5.41) is 3.37. The van der Waals surface area contributed by atoms with E-state index in [0.29, 0.717) is 22.9 Å². The van der Waals surface area contributed by atoms with E-state index in [-0.39, 0.29) is 5.91 Å². The van der Waals surface area contributed by atoms with Crippen LogP contribution in [0.2, 0.25) is 5.02 Å². The summed E-state index contributed by atoms with van der Waals surface area (Å²) in [6.07, 6.45) is 3.59. The number of likely N-dealkylation sites (tertiary alicyclic amines) is 1. The third kappa shape index (κ3) is 4.39. The molecular weight excluding hydrogens is 274 g/mol. The van der Waals surface area contributed by atoms with Crippen LogP contribution in [0.5, 0.6) is 0 Å². The zero-order chi connectivity index (χ0) is 14.5. The Labute approximate surface area is 125 Å². The first-order valence-corrected chi connectivity index (χ1v) is 7.49. The molecule has 1 atom stereocenters. The SMILES string of the molecule is CC1CCCN(CC(=O)Nc2ccc(Cl)c(N)c2)CC1. The second-order valence-electron chi connectivity index (χ2n) is 5.60. The molecule has 0 saturated carbocycles. The molecule has 1 unspecified atom stereocenters. The zero-order valence-corrected chi connectivity index (χ0v) is 12.6. The maximum atomic E-state index is 12.0. The molecule has 1 saturated heterocycles. The normalized spacial score (nSPS) is 20.4. The fourth-order valence-electron chi connectivity index (χ4n) is 2.51. The summed E-state index contributed by atoms with van der Waals surface area (Å²) in [4.78, 5) is 14.3. The average Bonchev–Trinajstić information content (AvgIpc) is 2.59. The predicted octanol–water partition coefficient (Wildman–Crippen LogP) is 2.98. The van der Waals surface area contributed by atoms with Gasteiger partial charge in [0.1, 0.15) is 0 Å². The molecule has 1 aromatic carbocycles. The maximum absolute atomic E-state index is 12.0. The minimum atomic E-state index is 0.00118. The number of rotatable bonds is 3. The fraction of sp³-hybridized carbons (Fsp3) is 0.533. The number of carbonyl (C=O) groups excluding carboxylic acids is 1. The Morgan fingerprint density at radius 2 is 2.25 bits per heavy atom. The molecule has 3 N–H and O–H groups in total. The third-order valence-corrected chi connectivity index (χ3v) is 4.10. The van der Waals surface area contributed by atoms with Gasteiger partial charge in [-0.2, -0.15) is 0 Å². The molecule has 0 radical (unpaired) electrons. The monoisotopic (exact) mass is 295 g/mol. The highest BCUT2D eigenvalue weighted by molar-refractivity contribution is 6.33. The first kappa shape index (κ1) is 15.1. The Balaban J connectivity index is 1.87. The highest BCUT2D eigenvalue weighted by Gasteiger charge is 2.16. The molecule has 20 heavy (non-hydrogen) atoms. The third-order valence-electron chi connectivity index (χ3n) is 3.76. The summed E-state index contributed by atoms with van der Waals surface area (Å²) < 4.78 is 0. The lowest BCUT2D eigenvalue weighted by atomic mass is 10.0. The van der Waals surface area contributed by atoms with E-state index in [4.69, 9.17) is 17.3 Å². The fourth-order valence-corrected chi connectivity index (χ4v) is 2.62. The van der Waals surface area contributed by atoms with Crippen molar-refractivity contribution in [2.24, 2.45) is 5.92 Å². The lowest BCUT2D eigenvalue weighted by Crippen LogP contribution is -2.34. The number of halogens is 1. The molecule has 1 heterocycles. The van der Waals surface area contributed by atoms with Crippen LogP contribution in [0.15, 0.2) is 18.2 Å². The second kappa shape index (κ2) is 6.95. The Morgan fingerprint density at radius 3 is 3.00 bits per heavy atom. The van der Waals surface area contributed by atoms with Gasteiger partial charge in [0.05, 0.1) is 17.3 Å². The van der Waals surface area contributed by atoms with Gasteiger partial charge >= 0.3 is 0 Å². The van der Waals surface area contributed by atoms with Crippen molar-refractivity contribution in [3.63, 3.8) is 0 Å². The average molecular weight is 296 g/mol. The highest BCUT2D eigenvalue weighted by Crippen LogP contribution is 2.22. The number of nitrogen functional groups attached to an aromatic ring is 1. The van der Waals surface area contributed by atoms with E-state index in [1.54, 1.807) is 18.2 Å². The van der Waals surface area contributed by atoms with Gasteiger partial charge in [-0.15, -0.1) is 0 Å². The molecule has 110 valence electrons. The van der Waals surface area contributed by atoms with E-state index in [1.165, 1.54) is 19.3 Å². The number of nitrogens with zero attached hydrogens (tertiary/aromatic N) is 1. The topological polar surface area (TPSA) is 58.4 Å². The molecule has 0 bridgehead atoms. The van der Waals surface area contributed by atoms with Crippen molar-refractivity contribution in [2.75, 3.05) is 30.7 Å². The molecule has 4 nitrogen and oxygen atoms in total. The number of amides is 1. The Bertz CT molecular complexity index is 478. The molecule has 0 aliphatic carbocycles. The van der Waals surface area contributed by atoms with Crippen molar-refractivity contribution in [1.82, 2.24) is 4.90 Å². The van der Waals surface area contributed by atoms with Gasteiger partial charge in [-0.3, -0.25) is 9.69 Å². The molecule has 1 aliphatic rings. The second-order valence-corrected chi connectivity index (χ2v) is 6.00. The van der Waals surface area contributed by atoms with Crippen molar-refractivity contribution in [1.29, 1.82) is 0 Å². The highest BCUT2D eigenvalue weighted by atomic mass is 35.5. The van der Waals surface area contributed by atoms with Crippen molar-refractivity contribution in [3.05, 3.63) is 23.2 Å². The van der Waals surface area contributed by atoms with Crippen LogP contribution in [-0.4, -0.2) is 30.4 Å². The van der Waals surface area contributed by atoms with Crippen LogP contribution in [0.4, 0.5) is 11.4 Å². The predicted molar refractivity (Wildman–Crippen MR) is 83.9 cm³/mol. The summed E-state index contributed by atoms with van der Waals surface area (Å²) in [7, 11) is 0. The summed E-state index contributed by atoms with van der Waals surface area (Å²) in [6.45, 7) is 4.72. The molecule has 1 aromatic rings. The first-order valence-electron chi connectivity index (χ1n) is 7.12. The number of hydrogen-bond acceptors (Lipinski definition) is 3. The standard InChI is InChI=1S/C15H22ClN3O/c1-11-3-2-7-19(8-6-11)10-15(20)18-12-4-5-13(16)14(17)9-12/h4-5,9,11H,2-3,6-8,10,17H2,1H3,(H,18,20). The number of carbonyl (C=O) groups is 1. The molecule has 1 aliphatic heterocycles. The van der Waals surface area contributed by atoms with Crippen LogP contribution >= 0.6 is 11.6 Å². The smallest absolute Gasteiger partial charge is 0.238 e. The van der Waals surface area contributed by atoms with Crippen LogP contribution in [0.3, 0.4) is 0 Å². The molecular formula is C15H22ClN3O. The summed E-state index contributed by atoms with van der Waals surface area (Å²) >= 11 is 5.86. The van der Waals surface area contributed by atoms with Crippen molar-refractivity contribution in [3.8, 4) is 0 Å². The van der Waals surface area contributed by atoms with E-state index in [2.05, 4.69) is 17.1 Å². The Kier molecular flexibility index (Phi) is 5.26. The molecule has 1 amide bonds. The number of anilines is 2. The maximum Gasteiger partial charge on any atom is 0.238 e. The van der Waals surface area contributed by atoms with Crippen LogP contribution in [0.1, 0.15) is 26.2 Å². The number of nitrogens with one attached hydrogen (secondary N) is 1. The van der Waals surface area contributed by atoms with Gasteiger partial charge in [-0.05, 0) is 56.5 Å². The van der Waals surface area contributed by atoms with Crippen molar-refractivity contribution in [2.45, 2.75) is 26.2 Å². The van der Waals surface area contributed by atoms with Crippen LogP contribution in [0, 0.1) is 5.92 Å². The molecule has 2 rings (SSSR count). The van der Waals surface area contributed by atoms with Gasteiger partial charge in [0.15, 0.2) is 0 Å². The van der Waals surface area contributed by atoms with E-state index < -0.39 is 0 Å². The van der Waals surface area contributed by atoms with Crippen molar-refractivity contribution < 1.29 is 4.79 Å². The van der Waals surface area contributed by atoms with Gasteiger partial charge in [0, 0.05) is 5.69 Å². The number of nitrogens with two attached hydrogens (primary N) is 1. The van der Waals surface area contributed by atoms with Crippen LogP contribution in [-0.2, 0) is 4.79 Å². The molecule has 0 aromatic heterocycles. The first-order chi connectivity index (χ1) is 9.54. The van der Waals surface area contributed by atoms with E-state index in [1.807, 2.05) is 0 Å². The number of hydrogen-bond donors (Lipinski definition) is 2. The Hall–Kier alpha value is -1.26. The minimum Gasteiger partial charge on any atom is -0.397 e. The quantitative estimate of drug-likeness (QED) is 0.843. The molecule has 0 spiro atoms. The van der Waals surface area contributed by atoms with Gasteiger partial charge in [-0.1, -0.05) is 18.5 Å². The lowest BCUT2D eigenvalue weighted by molar-refractivity contribution is -0.117. The summed E-state index contributed by atoms with van der Waals surface area (Å²) in [5.41, 5.74) is 6.90. The van der Waals surface area contributed by atoms with Crippen LogP contribution < -0.4 is 11.1 Å². The van der Waals surface area contributed by atoms with Crippen LogP contribution in [0.25, 0.3) is 0 Å². The van der Waals surface area contributed by atoms with Gasteiger partial charge in [0.2, 0.25) is 5.91 Å². The van der Waals surface area contributed by atoms with Gasteiger partial charge < -0.3 is 11.1 Å². The molecule has 1 fully saturated rings. The van der Waals surface area contributed by atoms with Gasteiger partial charge in [0.25, 0.3) is 0 Å². The van der Waals surface area contributed by atoms with Crippen molar-refractivity contribution >= 4 is 28.9 Å². The summed E-state index contributed by atoms with van der Waals surface area (Å²) in [5.74, 6) is 0.764. The number of benzene rings is 1. The van der Waals surface area contributed by atoms with Gasteiger partial charge in [-0.25, -0.2) is 0 Å². The zero-order valence-electron chi connectivity index (χ0n) is 11.9. The van der Waals surface area contributed by atoms with E-state index in [9.17, 15) is 4.79 Å². The Morgan fingerprint density at radius 1 is 1.45 bits per heavy atom. The van der Waals surface area contributed by atoms with E-state index >= 15 is 0 Å². The van der Waals surface area contributed by atoms with E-state index in [0.717, 1.165) is 19.0 Å². The summed E-state index contributed by atoms with van der Waals surface area (Å²) in [6, 6.07) is 5.14. The lowest BCUT2D eigenvalue weighted by Gasteiger charge is -2.19. The minimum absolute atomic E-state index is 0.00118. The molecule has 5 heteroatoms. The largest absolute Gasteiger partial charge is 0.397 e.